The molecule has 0 saturated heterocycles. The minimum Gasteiger partial charge on any atom is -0.368 e. The second-order valence-electron chi connectivity index (χ2n) is 3.05. The van der Waals surface area contributed by atoms with Gasteiger partial charge in [0.15, 0.2) is 0 Å². The van der Waals surface area contributed by atoms with E-state index in [2.05, 4.69) is 10.1 Å². The predicted octanol–water partition coefficient (Wildman–Crippen LogP) is 3.11. The fraction of sp³-hybridized carbons (Fsp3) is 0. The summed E-state index contributed by atoms with van der Waals surface area (Å²) < 4.78 is 1.45. The first kappa shape index (κ1) is 13.8. The van der Waals surface area contributed by atoms with Crippen LogP contribution in [0.2, 0.25) is 10.0 Å². The molecule has 2 aromatic rings. The zero-order chi connectivity index (χ0) is 11.5. The van der Waals surface area contributed by atoms with Crippen LogP contribution in [0.1, 0.15) is 0 Å². The smallest absolute Gasteiger partial charge is 0.221 e. The fourth-order valence-corrected chi connectivity index (χ4v) is 1.71. The van der Waals surface area contributed by atoms with Crippen molar-refractivity contribution in [1.82, 2.24) is 9.78 Å². The van der Waals surface area contributed by atoms with Crippen LogP contribution in [-0.4, -0.2) is 15.7 Å². The van der Waals surface area contributed by atoms with Crippen LogP contribution >= 0.6 is 35.6 Å². The third kappa shape index (κ3) is 3.63. The molecule has 0 amide bonds. The summed E-state index contributed by atoms with van der Waals surface area (Å²) in [6.45, 7) is 0. The summed E-state index contributed by atoms with van der Waals surface area (Å²) in [5.41, 5.74) is 6.32. The molecule has 7 heteroatoms. The second kappa shape index (κ2) is 5.91. The first-order valence-electron chi connectivity index (χ1n) is 4.45. The molecule has 0 fully saturated rings. The van der Waals surface area contributed by atoms with E-state index >= 15 is 0 Å². The highest BCUT2D eigenvalue weighted by Crippen LogP contribution is 2.24. The lowest BCUT2D eigenvalue weighted by Gasteiger charge is -2.01. The lowest BCUT2D eigenvalue weighted by Crippen LogP contribution is -2.22. The third-order valence-electron chi connectivity index (χ3n) is 1.83. The average molecular weight is 292 g/mol. The van der Waals surface area contributed by atoms with Gasteiger partial charge in [-0.05, 0) is 24.3 Å². The minimum atomic E-state index is 0. The van der Waals surface area contributed by atoms with Crippen LogP contribution in [0.15, 0.2) is 41.7 Å². The third-order valence-corrected chi connectivity index (χ3v) is 2.27. The Morgan fingerprint density at radius 1 is 1.24 bits per heavy atom. The van der Waals surface area contributed by atoms with E-state index in [-0.39, 0.29) is 18.4 Å². The van der Waals surface area contributed by atoms with E-state index in [1.165, 1.54) is 4.68 Å². The molecule has 1 aromatic carbocycles. The zero-order valence-electron chi connectivity index (χ0n) is 8.55. The van der Waals surface area contributed by atoms with Gasteiger partial charge in [0.1, 0.15) is 0 Å². The van der Waals surface area contributed by atoms with Crippen LogP contribution in [0.4, 0.5) is 5.69 Å². The zero-order valence-corrected chi connectivity index (χ0v) is 10.9. The molecule has 2 N–H and O–H groups in total. The summed E-state index contributed by atoms with van der Waals surface area (Å²) in [7, 11) is 0. The number of hydrogen-bond donors (Lipinski definition) is 1. The Bertz CT molecular complexity index is 502. The quantitative estimate of drug-likeness (QED) is 0.648. The molecule has 0 atom stereocenters. The Morgan fingerprint density at radius 3 is 2.41 bits per heavy atom. The van der Waals surface area contributed by atoms with E-state index in [0.717, 1.165) is 0 Å². The summed E-state index contributed by atoms with van der Waals surface area (Å²) in [6, 6.07) is 6.73. The van der Waals surface area contributed by atoms with Crippen LogP contribution in [-0.2, 0) is 0 Å². The minimum absolute atomic E-state index is 0. The van der Waals surface area contributed by atoms with E-state index in [0.29, 0.717) is 15.7 Å². The number of aromatic nitrogens is 2. The van der Waals surface area contributed by atoms with Crippen molar-refractivity contribution in [2.75, 3.05) is 0 Å². The highest BCUT2D eigenvalue weighted by molar-refractivity contribution is 6.35. The number of aliphatic imine (C=N–C) groups is 1. The van der Waals surface area contributed by atoms with Crippen molar-refractivity contribution in [2.45, 2.75) is 0 Å². The van der Waals surface area contributed by atoms with E-state index in [1.807, 2.05) is 0 Å². The monoisotopic (exact) mass is 290 g/mol. The van der Waals surface area contributed by atoms with Crippen molar-refractivity contribution in [2.24, 2.45) is 10.7 Å². The molecule has 90 valence electrons. The maximum Gasteiger partial charge on any atom is 0.221 e. The van der Waals surface area contributed by atoms with Gasteiger partial charge in [-0.2, -0.15) is 5.10 Å². The molecule has 0 aliphatic carbocycles. The molecule has 0 bridgehead atoms. The van der Waals surface area contributed by atoms with Gasteiger partial charge in [0, 0.05) is 22.4 Å². The molecule has 0 radical (unpaired) electrons. The van der Waals surface area contributed by atoms with Crippen molar-refractivity contribution in [1.29, 1.82) is 0 Å². The number of nitrogens with two attached hydrogens (primary N) is 1. The Hall–Kier alpha value is -1.23. The molecule has 1 heterocycles. The van der Waals surface area contributed by atoms with Gasteiger partial charge in [-0.25, -0.2) is 9.67 Å². The number of rotatable bonds is 1. The van der Waals surface area contributed by atoms with E-state index in [1.54, 1.807) is 36.7 Å². The van der Waals surface area contributed by atoms with Gasteiger partial charge in [-0.15, -0.1) is 12.4 Å². The largest absolute Gasteiger partial charge is 0.368 e. The van der Waals surface area contributed by atoms with Gasteiger partial charge in [0.25, 0.3) is 0 Å². The topological polar surface area (TPSA) is 56.2 Å². The van der Waals surface area contributed by atoms with Gasteiger partial charge in [0.05, 0.1) is 5.69 Å². The summed E-state index contributed by atoms with van der Waals surface area (Å²) >= 11 is 11.7. The van der Waals surface area contributed by atoms with Crippen LogP contribution < -0.4 is 5.73 Å². The second-order valence-corrected chi connectivity index (χ2v) is 3.92. The van der Waals surface area contributed by atoms with E-state index in [9.17, 15) is 0 Å². The molecule has 2 rings (SSSR count). The Balaban J connectivity index is 0.00000144. The van der Waals surface area contributed by atoms with Crippen molar-refractivity contribution in [3.05, 3.63) is 46.7 Å². The molecule has 17 heavy (non-hydrogen) atoms. The fourth-order valence-electron chi connectivity index (χ4n) is 1.19. The molecular formula is C10H9Cl3N4. The molecule has 0 saturated carbocycles. The van der Waals surface area contributed by atoms with Gasteiger partial charge in [0.2, 0.25) is 5.96 Å². The number of nitrogens with zero attached hydrogens (tertiary/aromatic N) is 3. The van der Waals surface area contributed by atoms with E-state index in [4.69, 9.17) is 28.9 Å². The molecule has 0 unspecified atom stereocenters. The van der Waals surface area contributed by atoms with Gasteiger partial charge in [-0.3, -0.25) is 0 Å². The Labute approximate surface area is 114 Å². The maximum absolute atomic E-state index is 5.84. The molecular weight excluding hydrogens is 282 g/mol. The summed E-state index contributed by atoms with van der Waals surface area (Å²) in [5, 5.41) is 4.98. The highest BCUT2D eigenvalue weighted by atomic mass is 35.5. The van der Waals surface area contributed by atoms with Gasteiger partial charge in [-0.1, -0.05) is 23.2 Å². The maximum atomic E-state index is 5.84. The summed E-state index contributed by atoms with van der Waals surface area (Å²) in [4.78, 5) is 4.15. The Morgan fingerprint density at radius 2 is 1.88 bits per heavy atom. The van der Waals surface area contributed by atoms with Crippen LogP contribution in [0, 0.1) is 0 Å². The number of benzene rings is 1. The average Bonchev–Trinajstić information content (AvgIpc) is 2.68. The van der Waals surface area contributed by atoms with Crippen molar-refractivity contribution in [3.63, 3.8) is 0 Å². The first-order chi connectivity index (χ1) is 7.65. The van der Waals surface area contributed by atoms with Gasteiger partial charge < -0.3 is 5.73 Å². The van der Waals surface area contributed by atoms with Crippen LogP contribution in [0.3, 0.4) is 0 Å². The molecule has 0 aliphatic rings. The lowest BCUT2D eigenvalue weighted by atomic mass is 10.3. The van der Waals surface area contributed by atoms with Crippen LogP contribution in [0.5, 0.6) is 0 Å². The lowest BCUT2D eigenvalue weighted by molar-refractivity contribution is 0.920. The van der Waals surface area contributed by atoms with Crippen molar-refractivity contribution in [3.8, 4) is 0 Å². The summed E-state index contributed by atoms with van der Waals surface area (Å²) in [6.07, 6.45) is 3.32. The molecule has 0 aliphatic heterocycles. The first-order valence-corrected chi connectivity index (χ1v) is 5.21. The molecule has 0 spiro atoms. The SMILES string of the molecule is Cl.NC(=Nc1cc(Cl)cc(Cl)c1)n1cccn1. The number of halogens is 3. The molecule has 1 aromatic heterocycles. The normalized spacial score (nSPS) is 11.1. The molecule has 4 nitrogen and oxygen atoms in total. The van der Waals surface area contributed by atoms with Crippen molar-refractivity contribution >= 4 is 47.3 Å². The summed E-state index contributed by atoms with van der Waals surface area (Å²) in [5.74, 6) is 0.253. The van der Waals surface area contributed by atoms with Crippen molar-refractivity contribution < 1.29 is 0 Å². The number of hydrogen-bond acceptors (Lipinski definition) is 2. The predicted molar refractivity (Wildman–Crippen MR) is 72.6 cm³/mol. The Kier molecular flexibility index (Phi) is 4.81. The van der Waals surface area contributed by atoms with Gasteiger partial charge >= 0.3 is 0 Å². The highest BCUT2D eigenvalue weighted by Gasteiger charge is 1.99. The van der Waals surface area contributed by atoms with E-state index < -0.39 is 0 Å². The van der Waals surface area contributed by atoms with Crippen LogP contribution in [0.25, 0.3) is 0 Å². The standard InChI is InChI=1S/C10H8Cl2N4.ClH/c11-7-4-8(12)6-9(5-7)15-10(13)16-3-1-2-14-16;/h1-6H,(H2,13,15);1H.